The zero-order valence-electron chi connectivity index (χ0n) is 17.8. The van der Waals surface area contributed by atoms with Crippen molar-refractivity contribution in [2.75, 3.05) is 31.1 Å². The Kier molecular flexibility index (Phi) is 5.95. The molecule has 152 valence electrons. The van der Waals surface area contributed by atoms with E-state index < -0.39 is 0 Å². The second kappa shape index (κ2) is 8.08. The zero-order valence-corrected chi connectivity index (χ0v) is 17.8. The van der Waals surface area contributed by atoms with Crippen LogP contribution in [0.3, 0.4) is 0 Å². The maximum Gasteiger partial charge on any atom is 0.222 e. The van der Waals surface area contributed by atoms with E-state index >= 15 is 0 Å². The van der Waals surface area contributed by atoms with Crippen LogP contribution in [0.4, 0.5) is 5.82 Å². The highest BCUT2D eigenvalue weighted by Gasteiger charge is 2.34. The maximum atomic E-state index is 12.2. The smallest absolute Gasteiger partial charge is 0.222 e. The molecule has 0 aliphatic carbocycles. The number of hydrogen-bond donors (Lipinski definition) is 0. The van der Waals surface area contributed by atoms with Gasteiger partial charge in [0.2, 0.25) is 5.91 Å². The molecule has 1 amide bonds. The molecule has 0 aromatic carbocycles. The van der Waals surface area contributed by atoms with Crippen LogP contribution in [0.5, 0.6) is 0 Å². The van der Waals surface area contributed by atoms with Crippen LogP contribution in [0.1, 0.15) is 75.8 Å². The Morgan fingerprint density at radius 3 is 2.50 bits per heavy atom. The first-order valence-electron chi connectivity index (χ1n) is 10.4. The topological polar surface area (TPSA) is 69.5 Å². The molecule has 0 unspecified atom stereocenters. The largest absolute Gasteiger partial charge is 0.370 e. The summed E-state index contributed by atoms with van der Waals surface area (Å²) in [6.45, 7) is 13.8. The summed E-state index contributed by atoms with van der Waals surface area (Å²) < 4.78 is 6.02. The van der Waals surface area contributed by atoms with E-state index in [0.29, 0.717) is 44.8 Å². The van der Waals surface area contributed by atoms with Crippen molar-refractivity contribution in [2.24, 2.45) is 0 Å². The molecule has 0 radical (unpaired) electrons. The van der Waals surface area contributed by atoms with Gasteiger partial charge in [0.05, 0.1) is 23.5 Å². The summed E-state index contributed by atoms with van der Waals surface area (Å²) in [4.78, 5) is 21.3. The lowest BCUT2D eigenvalue weighted by Crippen LogP contribution is -2.49. The van der Waals surface area contributed by atoms with Gasteiger partial charge in [-0.1, -0.05) is 20.8 Å². The Bertz CT molecular complexity index is 787. The Morgan fingerprint density at radius 1 is 1.25 bits per heavy atom. The van der Waals surface area contributed by atoms with Gasteiger partial charge in [-0.3, -0.25) is 4.79 Å². The van der Waals surface area contributed by atoms with E-state index in [2.05, 4.69) is 38.7 Å². The normalized spacial score (nSPS) is 18.8. The molecule has 0 atom stereocenters. The van der Waals surface area contributed by atoms with Gasteiger partial charge in [0.15, 0.2) is 0 Å². The average molecular weight is 385 g/mol. The first kappa shape index (κ1) is 20.6. The molecule has 2 aliphatic heterocycles. The van der Waals surface area contributed by atoms with Gasteiger partial charge in [0.1, 0.15) is 11.9 Å². The number of fused-ring (bicyclic) bond motifs is 1. The third kappa shape index (κ3) is 4.00. The second-order valence-corrected chi connectivity index (χ2v) is 8.76. The number of ether oxygens (including phenoxy) is 1. The summed E-state index contributed by atoms with van der Waals surface area (Å²) in [7, 11) is 0. The molecule has 0 bridgehead atoms. The van der Waals surface area contributed by atoms with Crippen molar-refractivity contribution < 1.29 is 9.53 Å². The van der Waals surface area contributed by atoms with E-state index in [4.69, 9.17) is 9.72 Å². The summed E-state index contributed by atoms with van der Waals surface area (Å²) in [5.74, 6) is 1.27. The molecular weight excluding hydrogens is 352 g/mol. The number of carbonyl (C=O) groups is 1. The van der Waals surface area contributed by atoms with E-state index in [9.17, 15) is 10.1 Å². The highest BCUT2D eigenvalue weighted by atomic mass is 16.5. The van der Waals surface area contributed by atoms with E-state index in [1.807, 2.05) is 11.8 Å². The van der Waals surface area contributed by atoms with Gasteiger partial charge in [0.25, 0.3) is 0 Å². The molecule has 3 rings (SSSR count). The Labute approximate surface area is 168 Å². The van der Waals surface area contributed by atoms with Gasteiger partial charge in [-0.25, -0.2) is 4.98 Å². The fraction of sp³-hybridized carbons (Fsp3) is 0.682. The molecular formula is C22H32N4O2. The summed E-state index contributed by atoms with van der Waals surface area (Å²) in [6, 6.07) is 2.44. The van der Waals surface area contributed by atoms with Crippen LogP contribution in [0.2, 0.25) is 0 Å². The molecule has 0 saturated carbocycles. The number of pyridine rings is 1. The van der Waals surface area contributed by atoms with Crippen molar-refractivity contribution in [3.8, 4) is 6.07 Å². The van der Waals surface area contributed by atoms with Gasteiger partial charge in [-0.05, 0) is 31.7 Å². The molecule has 1 fully saturated rings. The van der Waals surface area contributed by atoms with Gasteiger partial charge < -0.3 is 14.5 Å². The van der Waals surface area contributed by atoms with Crippen LogP contribution in [0.15, 0.2) is 0 Å². The highest BCUT2D eigenvalue weighted by molar-refractivity contribution is 5.76. The van der Waals surface area contributed by atoms with Crippen LogP contribution in [0.25, 0.3) is 0 Å². The molecule has 1 saturated heterocycles. The van der Waals surface area contributed by atoms with Crippen molar-refractivity contribution in [3.63, 3.8) is 0 Å². The minimum absolute atomic E-state index is 0.225. The van der Waals surface area contributed by atoms with Gasteiger partial charge in [-0.2, -0.15) is 5.26 Å². The van der Waals surface area contributed by atoms with Crippen molar-refractivity contribution in [3.05, 3.63) is 22.4 Å². The molecule has 3 heterocycles. The number of nitriles is 1. The number of anilines is 1. The molecule has 1 aromatic heterocycles. The lowest BCUT2D eigenvalue weighted by atomic mass is 9.86. The quantitative estimate of drug-likeness (QED) is 0.796. The number of piperazine rings is 1. The Balaban J connectivity index is 1.95. The van der Waals surface area contributed by atoms with Gasteiger partial charge in [0, 0.05) is 44.6 Å². The summed E-state index contributed by atoms with van der Waals surface area (Å²) >= 11 is 0. The maximum absolute atomic E-state index is 12.2. The number of carbonyl (C=O) groups excluding carboxylic acids is 1. The minimum atomic E-state index is -0.281. The number of amides is 1. The summed E-state index contributed by atoms with van der Waals surface area (Å²) in [6.07, 6.45) is 2.20. The summed E-state index contributed by atoms with van der Waals surface area (Å²) in [5.41, 5.74) is 3.62. The van der Waals surface area contributed by atoms with Gasteiger partial charge in [-0.15, -0.1) is 0 Å². The van der Waals surface area contributed by atoms with Crippen LogP contribution < -0.4 is 4.90 Å². The Hall–Kier alpha value is -2.13. The van der Waals surface area contributed by atoms with Crippen molar-refractivity contribution in [1.29, 1.82) is 5.26 Å². The van der Waals surface area contributed by atoms with Crippen molar-refractivity contribution in [1.82, 2.24) is 9.88 Å². The van der Waals surface area contributed by atoms with Crippen LogP contribution >= 0.6 is 0 Å². The molecule has 6 heteroatoms. The van der Waals surface area contributed by atoms with E-state index in [-0.39, 0.29) is 17.4 Å². The van der Waals surface area contributed by atoms with E-state index in [1.165, 1.54) is 0 Å². The lowest BCUT2D eigenvalue weighted by molar-refractivity contribution is -0.131. The second-order valence-electron chi connectivity index (χ2n) is 8.76. The van der Waals surface area contributed by atoms with Crippen LogP contribution in [-0.4, -0.2) is 47.6 Å². The zero-order chi connectivity index (χ0) is 20.5. The molecule has 1 aromatic rings. The van der Waals surface area contributed by atoms with E-state index in [0.717, 1.165) is 35.5 Å². The molecule has 0 N–H and O–H groups in total. The fourth-order valence-corrected chi connectivity index (χ4v) is 4.14. The number of aromatic nitrogens is 1. The first-order chi connectivity index (χ1) is 13.3. The summed E-state index contributed by atoms with van der Waals surface area (Å²) in [5, 5.41) is 9.99. The lowest BCUT2D eigenvalue weighted by Gasteiger charge is -2.38. The molecule has 6 nitrogen and oxygen atoms in total. The van der Waals surface area contributed by atoms with E-state index in [1.54, 1.807) is 0 Å². The third-order valence-electron chi connectivity index (χ3n) is 5.69. The standard InChI is InChI=1S/C22H32N4O2/c1-6-7-19(27)25-8-10-26(11-9-25)21-17(13-23)16-12-22(4,5)28-14-18(16)20(24-21)15(2)3/h15H,6-12,14H2,1-5H3. The van der Waals surface area contributed by atoms with Crippen LogP contribution in [-0.2, 0) is 22.6 Å². The molecule has 28 heavy (non-hydrogen) atoms. The predicted octanol–water partition coefficient (Wildman–Crippen LogP) is 3.38. The monoisotopic (exact) mass is 384 g/mol. The molecule has 2 aliphatic rings. The fourth-order valence-electron chi connectivity index (χ4n) is 4.14. The SMILES string of the molecule is CCCC(=O)N1CCN(c2nc(C(C)C)c3c(c2C#N)CC(C)(C)OC3)CC1. The highest BCUT2D eigenvalue weighted by Crippen LogP contribution is 2.37. The number of rotatable bonds is 4. The first-order valence-corrected chi connectivity index (χ1v) is 10.4. The Morgan fingerprint density at radius 2 is 1.93 bits per heavy atom. The average Bonchev–Trinajstić information content (AvgIpc) is 2.66. The minimum Gasteiger partial charge on any atom is -0.370 e. The predicted molar refractivity (Wildman–Crippen MR) is 109 cm³/mol. The van der Waals surface area contributed by atoms with Crippen LogP contribution in [0, 0.1) is 11.3 Å². The number of nitrogens with zero attached hydrogens (tertiary/aromatic N) is 4. The number of hydrogen-bond acceptors (Lipinski definition) is 5. The van der Waals surface area contributed by atoms with Gasteiger partial charge >= 0.3 is 0 Å². The molecule has 0 spiro atoms. The van der Waals surface area contributed by atoms with Crippen molar-refractivity contribution in [2.45, 2.75) is 72.0 Å². The van der Waals surface area contributed by atoms with Crippen molar-refractivity contribution >= 4 is 11.7 Å². The third-order valence-corrected chi connectivity index (χ3v) is 5.69.